The summed E-state index contributed by atoms with van der Waals surface area (Å²) in [6, 6.07) is 5.93. The molecule has 8 heteroatoms. The number of benzene rings is 1. The molecule has 0 radical (unpaired) electrons. The summed E-state index contributed by atoms with van der Waals surface area (Å²) in [5.41, 5.74) is 1.09. The molecule has 0 amide bonds. The van der Waals surface area contributed by atoms with Gasteiger partial charge in [-0.2, -0.15) is 4.31 Å². The first-order valence-electron chi connectivity index (χ1n) is 8.25. The van der Waals surface area contributed by atoms with Gasteiger partial charge in [0.2, 0.25) is 10.0 Å². The first kappa shape index (κ1) is 16.4. The molecule has 4 rings (SSSR count). The molecule has 0 spiro atoms. The average molecular weight is 363 g/mol. The van der Waals surface area contributed by atoms with Gasteiger partial charge in [-0.15, -0.1) is 0 Å². The fourth-order valence-corrected chi connectivity index (χ4v) is 4.92. The van der Waals surface area contributed by atoms with E-state index in [0.29, 0.717) is 36.5 Å². The number of ether oxygens (including phenoxy) is 1. The third kappa shape index (κ3) is 3.36. The summed E-state index contributed by atoms with van der Waals surface area (Å²) in [6.07, 6.45) is 4.84. The maximum atomic E-state index is 13.7. The summed E-state index contributed by atoms with van der Waals surface area (Å²) in [6.45, 7) is 0.799. The van der Waals surface area contributed by atoms with Gasteiger partial charge in [-0.05, 0) is 43.5 Å². The SMILES string of the molecule is O=S(=O)(C1CC1)N1CCC(Oc2ccc(F)cc2-c2ccncn2)C1. The predicted molar refractivity (Wildman–Crippen MR) is 90.0 cm³/mol. The second-order valence-corrected chi connectivity index (χ2v) is 8.58. The summed E-state index contributed by atoms with van der Waals surface area (Å²) in [5, 5.41) is -0.214. The highest BCUT2D eigenvalue weighted by Gasteiger charge is 2.43. The highest BCUT2D eigenvalue weighted by molar-refractivity contribution is 7.90. The van der Waals surface area contributed by atoms with Crippen molar-refractivity contribution >= 4 is 10.0 Å². The zero-order valence-corrected chi connectivity index (χ0v) is 14.3. The Balaban J connectivity index is 1.54. The molecule has 1 aliphatic carbocycles. The molecule has 132 valence electrons. The summed E-state index contributed by atoms with van der Waals surface area (Å²) in [5.74, 6) is 0.112. The molecule has 1 saturated heterocycles. The molecule has 1 saturated carbocycles. The fourth-order valence-electron chi connectivity index (χ4n) is 3.04. The number of halogens is 1. The molecule has 1 aliphatic heterocycles. The van der Waals surface area contributed by atoms with Crippen LogP contribution in [-0.4, -0.2) is 47.1 Å². The number of rotatable bonds is 5. The summed E-state index contributed by atoms with van der Waals surface area (Å²) < 4.78 is 45.9. The quantitative estimate of drug-likeness (QED) is 0.815. The maximum Gasteiger partial charge on any atom is 0.217 e. The highest BCUT2D eigenvalue weighted by atomic mass is 32.2. The van der Waals surface area contributed by atoms with Crippen LogP contribution in [0.3, 0.4) is 0 Å². The molecule has 2 aliphatic rings. The van der Waals surface area contributed by atoms with E-state index < -0.39 is 10.0 Å². The zero-order chi connectivity index (χ0) is 17.4. The maximum absolute atomic E-state index is 13.7. The second-order valence-electron chi connectivity index (χ2n) is 6.37. The van der Waals surface area contributed by atoms with Gasteiger partial charge < -0.3 is 4.74 Å². The van der Waals surface area contributed by atoms with Crippen molar-refractivity contribution in [2.24, 2.45) is 0 Å². The lowest BCUT2D eigenvalue weighted by Gasteiger charge is -2.18. The second kappa shape index (κ2) is 6.34. The van der Waals surface area contributed by atoms with E-state index in [1.807, 2.05) is 0 Å². The van der Waals surface area contributed by atoms with Crippen LogP contribution in [0.4, 0.5) is 4.39 Å². The number of hydrogen-bond donors (Lipinski definition) is 0. The molecular formula is C17H18FN3O3S. The van der Waals surface area contributed by atoms with E-state index in [4.69, 9.17) is 4.74 Å². The van der Waals surface area contributed by atoms with Crippen LogP contribution in [0.25, 0.3) is 11.3 Å². The Morgan fingerprint density at radius 1 is 1.20 bits per heavy atom. The molecule has 2 heterocycles. The van der Waals surface area contributed by atoms with E-state index in [0.717, 1.165) is 12.8 Å². The Morgan fingerprint density at radius 2 is 2.04 bits per heavy atom. The van der Waals surface area contributed by atoms with Crippen LogP contribution >= 0.6 is 0 Å². The Kier molecular flexibility index (Phi) is 4.16. The number of sulfonamides is 1. The van der Waals surface area contributed by atoms with Gasteiger partial charge in [0.25, 0.3) is 0 Å². The van der Waals surface area contributed by atoms with Crippen molar-refractivity contribution in [1.29, 1.82) is 0 Å². The van der Waals surface area contributed by atoms with Crippen molar-refractivity contribution in [3.05, 3.63) is 42.6 Å². The van der Waals surface area contributed by atoms with Gasteiger partial charge in [0.1, 0.15) is 24.0 Å². The summed E-state index contributed by atoms with van der Waals surface area (Å²) >= 11 is 0. The Labute approximate surface area is 145 Å². The van der Waals surface area contributed by atoms with Crippen LogP contribution < -0.4 is 4.74 Å². The van der Waals surface area contributed by atoms with Gasteiger partial charge in [0.15, 0.2) is 0 Å². The largest absolute Gasteiger partial charge is 0.488 e. The van der Waals surface area contributed by atoms with Crippen molar-refractivity contribution in [3.8, 4) is 17.0 Å². The van der Waals surface area contributed by atoms with Crippen LogP contribution in [-0.2, 0) is 10.0 Å². The molecule has 1 aromatic carbocycles. The van der Waals surface area contributed by atoms with Crippen LogP contribution in [0.15, 0.2) is 36.8 Å². The number of hydrogen-bond acceptors (Lipinski definition) is 5. The lowest BCUT2D eigenvalue weighted by molar-refractivity contribution is 0.216. The third-order valence-corrected chi connectivity index (χ3v) is 6.87. The fraction of sp³-hybridized carbons (Fsp3) is 0.412. The van der Waals surface area contributed by atoms with E-state index >= 15 is 0 Å². The van der Waals surface area contributed by atoms with Gasteiger partial charge >= 0.3 is 0 Å². The molecule has 2 fully saturated rings. The minimum Gasteiger partial charge on any atom is -0.488 e. The zero-order valence-electron chi connectivity index (χ0n) is 13.5. The van der Waals surface area contributed by atoms with E-state index in [-0.39, 0.29) is 17.2 Å². The lowest BCUT2D eigenvalue weighted by Crippen LogP contribution is -2.33. The molecule has 1 aromatic heterocycles. The molecule has 0 bridgehead atoms. The third-order valence-electron chi connectivity index (χ3n) is 4.51. The Morgan fingerprint density at radius 3 is 2.76 bits per heavy atom. The van der Waals surface area contributed by atoms with E-state index in [1.54, 1.807) is 18.3 Å². The van der Waals surface area contributed by atoms with Gasteiger partial charge in [0.05, 0.1) is 17.5 Å². The standard InChI is InChI=1S/C17H18FN3O3S/c18-12-1-4-17(15(9-12)16-5-7-19-11-20-16)24-13-6-8-21(10-13)25(22,23)14-2-3-14/h1,4-5,7,9,11,13-14H,2-3,6,8,10H2. The smallest absolute Gasteiger partial charge is 0.217 e. The van der Waals surface area contributed by atoms with E-state index in [1.165, 1.54) is 22.8 Å². The van der Waals surface area contributed by atoms with Crippen molar-refractivity contribution in [3.63, 3.8) is 0 Å². The molecule has 25 heavy (non-hydrogen) atoms. The van der Waals surface area contributed by atoms with Crippen molar-refractivity contribution in [2.45, 2.75) is 30.6 Å². The first-order chi connectivity index (χ1) is 12.0. The van der Waals surface area contributed by atoms with Crippen LogP contribution in [0, 0.1) is 5.82 Å². The number of nitrogens with zero attached hydrogens (tertiary/aromatic N) is 3. The van der Waals surface area contributed by atoms with Crippen LogP contribution in [0.1, 0.15) is 19.3 Å². The van der Waals surface area contributed by atoms with Gasteiger partial charge in [-0.1, -0.05) is 0 Å². The highest BCUT2D eigenvalue weighted by Crippen LogP contribution is 2.35. The van der Waals surface area contributed by atoms with Crippen LogP contribution in [0.2, 0.25) is 0 Å². The Hall–Kier alpha value is -2.06. The average Bonchev–Trinajstić information content (AvgIpc) is 3.37. The van der Waals surface area contributed by atoms with E-state index in [9.17, 15) is 12.8 Å². The molecule has 0 N–H and O–H groups in total. The van der Waals surface area contributed by atoms with E-state index in [2.05, 4.69) is 9.97 Å². The normalized spacial score (nSPS) is 21.4. The molecule has 1 unspecified atom stereocenters. The topological polar surface area (TPSA) is 72.4 Å². The monoisotopic (exact) mass is 363 g/mol. The minimum atomic E-state index is -3.19. The summed E-state index contributed by atoms with van der Waals surface area (Å²) in [7, 11) is -3.19. The number of aromatic nitrogens is 2. The summed E-state index contributed by atoms with van der Waals surface area (Å²) in [4.78, 5) is 8.01. The van der Waals surface area contributed by atoms with Gasteiger partial charge in [-0.25, -0.2) is 22.8 Å². The molecular weight excluding hydrogens is 345 g/mol. The Bertz CT molecular complexity index is 872. The van der Waals surface area contributed by atoms with Crippen molar-refractivity contribution in [1.82, 2.24) is 14.3 Å². The molecule has 2 aromatic rings. The predicted octanol–water partition coefficient (Wildman–Crippen LogP) is 2.23. The van der Waals surface area contributed by atoms with Gasteiger partial charge in [0, 0.05) is 18.3 Å². The molecule has 6 nitrogen and oxygen atoms in total. The van der Waals surface area contributed by atoms with Crippen molar-refractivity contribution in [2.75, 3.05) is 13.1 Å². The minimum absolute atomic E-state index is 0.214. The van der Waals surface area contributed by atoms with Crippen LogP contribution in [0.5, 0.6) is 5.75 Å². The van der Waals surface area contributed by atoms with Gasteiger partial charge in [-0.3, -0.25) is 0 Å². The molecule has 1 atom stereocenters. The first-order valence-corrected chi connectivity index (χ1v) is 9.76. The lowest BCUT2D eigenvalue weighted by atomic mass is 10.1. The van der Waals surface area contributed by atoms with Crippen molar-refractivity contribution < 1.29 is 17.5 Å².